The van der Waals surface area contributed by atoms with Gasteiger partial charge in [0.2, 0.25) is 0 Å². The van der Waals surface area contributed by atoms with Crippen molar-refractivity contribution in [2.24, 2.45) is 16.2 Å². The Labute approximate surface area is 230 Å². The molecule has 1 aliphatic rings. The first-order chi connectivity index (χ1) is 17.0. The highest BCUT2D eigenvalue weighted by Gasteiger charge is 2.37. The summed E-state index contributed by atoms with van der Waals surface area (Å²) in [7, 11) is 0. The number of aliphatic hydroxyl groups excluding tert-OH is 5. The second-order valence-corrected chi connectivity index (χ2v) is 14.8. The van der Waals surface area contributed by atoms with Crippen molar-refractivity contribution in [3.63, 3.8) is 0 Å². The van der Waals surface area contributed by atoms with Crippen LogP contribution in [0.1, 0.15) is 94.9 Å². The number of carbonyl (C=O) groups excluding carboxylic acids is 1. The average Bonchev–Trinajstić information content (AvgIpc) is 2.80. The lowest BCUT2D eigenvalue weighted by Gasteiger charge is -2.38. The van der Waals surface area contributed by atoms with Crippen molar-refractivity contribution in [2.45, 2.75) is 143 Å². The number of amides is 1. The molecule has 9 heteroatoms. The molecule has 0 aromatic heterocycles. The fourth-order valence-electron chi connectivity index (χ4n) is 5.77. The monoisotopic (exact) mass is 544 g/mol. The summed E-state index contributed by atoms with van der Waals surface area (Å²) in [5, 5.41) is 58.7. The molecular weight excluding hydrogens is 488 g/mol. The lowest BCUT2D eigenvalue weighted by molar-refractivity contribution is -0.0541. The smallest absolute Gasteiger partial charge is 0.408 e. The number of carbonyl (C=O) groups is 1. The van der Waals surface area contributed by atoms with E-state index in [1.54, 1.807) is 6.08 Å². The van der Waals surface area contributed by atoms with Crippen molar-refractivity contribution in [2.75, 3.05) is 6.54 Å². The maximum atomic E-state index is 12.9. The van der Waals surface area contributed by atoms with E-state index in [4.69, 9.17) is 4.74 Å². The largest absolute Gasteiger partial charge is 0.444 e. The molecule has 0 spiro atoms. The fourth-order valence-corrected chi connectivity index (χ4v) is 5.77. The van der Waals surface area contributed by atoms with Crippen LogP contribution in [0.4, 0.5) is 4.79 Å². The van der Waals surface area contributed by atoms with Gasteiger partial charge in [-0.3, -0.25) is 0 Å². The number of alkyl carbamates (subject to hydrolysis) is 1. The van der Waals surface area contributed by atoms with Gasteiger partial charge in [0, 0.05) is 19.0 Å². The quantitative estimate of drug-likeness (QED) is 0.196. The van der Waals surface area contributed by atoms with E-state index < -0.39 is 59.7 Å². The fraction of sp³-hybridized carbons (Fsp3) is 0.897. The van der Waals surface area contributed by atoms with E-state index in [2.05, 4.69) is 52.2 Å². The number of hydrogen-bond acceptors (Lipinski definition) is 8. The second-order valence-electron chi connectivity index (χ2n) is 14.8. The van der Waals surface area contributed by atoms with Crippen LogP contribution in [0, 0.1) is 16.2 Å². The SMILES string of the molecule is CC(C)(C)CC(C)(C)OC(=O)NC(CNC1CC=CC(O)C(O)C1O)C(O)CC(O)C(C)(C)CC(C)(C)C. The summed E-state index contributed by atoms with van der Waals surface area (Å²) in [6.07, 6.45) is -1.64. The van der Waals surface area contributed by atoms with Crippen LogP contribution in [0.25, 0.3) is 0 Å². The van der Waals surface area contributed by atoms with Crippen LogP contribution < -0.4 is 10.6 Å². The normalized spacial score (nSPS) is 25.9. The van der Waals surface area contributed by atoms with Gasteiger partial charge < -0.3 is 40.9 Å². The molecule has 0 heterocycles. The zero-order chi connectivity index (χ0) is 29.7. The first-order valence-corrected chi connectivity index (χ1v) is 13.8. The minimum atomic E-state index is -1.37. The summed E-state index contributed by atoms with van der Waals surface area (Å²) in [4.78, 5) is 12.9. The first kappa shape index (κ1) is 34.8. The van der Waals surface area contributed by atoms with E-state index in [-0.39, 0.29) is 23.8 Å². The van der Waals surface area contributed by atoms with Crippen LogP contribution in [0.3, 0.4) is 0 Å². The molecule has 0 aliphatic heterocycles. The van der Waals surface area contributed by atoms with Gasteiger partial charge in [-0.2, -0.15) is 0 Å². The molecule has 0 saturated heterocycles. The van der Waals surface area contributed by atoms with Gasteiger partial charge in [-0.1, -0.05) is 67.5 Å². The molecule has 0 aromatic rings. The number of ether oxygens (including phenoxy) is 1. The third kappa shape index (κ3) is 12.3. The molecule has 7 atom stereocenters. The van der Waals surface area contributed by atoms with Gasteiger partial charge in [0.15, 0.2) is 0 Å². The molecule has 224 valence electrons. The molecule has 1 aliphatic carbocycles. The molecule has 7 unspecified atom stereocenters. The van der Waals surface area contributed by atoms with Crippen molar-refractivity contribution in [3.8, 4) is 0 Å². The maximum absolute atomic E-state index is 12.9. The first-order valence-electron chi connectivity index (χ1n) is 13.8. The Hall–Kier alpha value is -1.23. The van der Waals surface area contributed by atoms with Crippen molar-refractivity contribution in [3.05, 3.63) is 12.2 Å². The summed E-state index contributed by atoms with van der Waals surface area (Å²) in [5.41, 5.74) is -1.32. The molecule has 0 bridgehead atoms. The maximum Gasteiger partial charge on any atom is 0.408 e. The Morgan fingerprint density at radius 2 is 1.47 bits per heavy atom. The van der Waals surface area contributed by atoms with Crippen LogP contribution in [0.5, 0.6) is 0 Å². The van der Waals surface area contributed by atoms with Gasteiger partial charge in [0.1, 0.15) is 17.8 Å². The van der Waals surface area contributed by atoms with Gasteiger partial charge in [-0.05, 0) is 49.4 Å². The number of hydrogen-bond donors (Lipinski definition) is 7. The minimum absolute atomic E-state index is 0.0222. The molecule has 0 fully saturated rings. The molecule has 0 saturated carbocycles. The molecule has 9 nitrogen and oxygen atoms in total. The lowest BCUT2D eigenvalue weighted by atomic mass is 9.71. The highest BCUT2D eigenvalue weighted by atomic mass is 16.6. The average molecular weight is 545 g/mol. The van der Waals surface area contributed by atoms with Crippen molar-refractivity contribution >= 4 is 6.09 Å². The highest BCUT2D eigenvalue weighted by Crippen LogP contribution is 2.37. The topological polar surface area (TPSA) is 152 Å². The summed E-state index contributed by atoms with van der Waals surface area (Å²) in [6.45, 7) is 20.1. The Kier molecular flexibility index (Phi) is 12.3. The Bertz CT molecular complexity index is 770. The van der Waals surface area contributed by atoms with E-state index in [1.165, 1.54) is 6.08 Å². The zero-order valence-electron chi connectivity index (χ0n) is 25.3. The van der Waals surface area contributed by atoms with Crippen LogP contribution in [-0.4, -0.2) is 86.4 Å². The van der Waals surface area contributed by atoms with E-state index in [0.29, 0.717) is 12.8 Å². The predicted octanol–water partition coefficient (Wildman–Crippen LogP) is 2.87. The van der Waals surface area contributed by atoms with Crippen molar-refractivity contribution in [1.29, 1.82) is 0 Å². The van der Waals surface area contributed by atoms with E-state index in [9.17, 15) is 30.3 Å². The van der Waals surface area contributed by atoms with Crippen LogP contribution >= 0.6 is 0 Å². The highest BCUT2D eigenvalue weighted by molar-refractivity contribution is 5.68. The Balaban J connectivity index is 3.03. The summed E-state index contributed by atoms with van der Waals surface area (Å²) in [6, 6.07) is -1.47. The van der Waals surface area contributed by atoms with Crippen molar-refractivity contribution in [1.82, 2.24) is 10.6 Å². The third-order valence-electron chi connectivity index (χ3n) is 6.88. The lowest BCUT2D eigenvalue weighted by Crippen LogP contribution is -2.56. The van der Waals surface area contributed by atoms with E-state index >= 15 is 0 Å². The molecule has 1 rings (SSSR count). The number of aliphatic hydroxyl groups is 5. The van der Waals surface area contributed by atoms with Gasteiger partial charge in [0.05, 0.1) is 24.4 Å². The molecule has 38 heavy (non-hydrogen) atoms. The van der Waals surface area contributed by atoms with Crippen LogP contribution in [-0.2, 0) is 4.74 Å². The van der Waals surface area contributed by atoms with Gasteiger partial charge in [-0.15, -0.1) is 0 Å². The van der Waals surface area contributed by atoms with Gasteiger partial charge >= 0.3 is 6.09 Å². The standard InChI is InChI=1S/C29H56N2O7/c1-26(2,3)16-28(7,8)22(34)14-21(33)19(31-25(37)38-29(9,10)17-27(4,5)6)15-30-18-12-11-13-20(32)24(36)23(18)35/h11,13,18-24,30,32-36H,12,14-17H2,1-10H3,(H,31,37). The summed E-state index contributed by atoms with van der Waals surface area (Å²) < 4.78 is 5.71. The van der Waals surface area contributed by atoms with Gasteiger partial charge in [0.25, 0.3) is 0 Å². The third-order valence-corrected chi connectivity index (χ3v) is 6.88. The predicted molar refractivity (Wildman–Crippen MR) is 150 cm³/mol. The second kappa shape index (κ2) is 13.4. The van der Waals surface area contributed by atoms with E-state index in [0.717, 1.165) is 6.42 Å². The molecule has 1 amide bonds. The summed E-state index contributed by atoms with van der Waals surface area (Å²) >= 11 is 0. The number of rotatable bonds is 11. The van der Waals surface area contributed by atoms with E-state index in [1.807, 2.05) is 27.7 Å². The zero-order valence-corrected chi connectivity index (χ0v) is 25.3. The minimum Gasteiger partial charge on any atom is -0.444 e. The van der Waals surface area contributed by atoms with Crippen LogP contribution in [0.15, 0.2) is 12.2 Å². The summed E-state index contributed by atoms with van der Waals surface area (Å²) in [5.74, 6) is 0. The van der Waals surface area contributed by atoms with Crippen molar-refractivity contribution < 1.29 is 35.1 Å². The molecular formula is C29H56N2O7. The van der Waals surface area contributed by atoms with Crippen LogP contribution in [0.2, 0.25) is 0 Å². The number of nitrogens with one attached hydrogen (secondary N) is 2. The molecule has 7 N–H and O–H groups in total. The molecule has 0 radical (unpaired) electrons. The molecule has 0 aromatic carbocycles. The Morgan fingerprint density at radius 1 is 0.921 bits per heavy atom. The van der Waals surface area contributed by atoms with Gasteiger partial charge in [-0.25, -0.2) is 4.79 Å². The Morgan fingerprint density at radius 3 is 2.00 bits per heavy atom.